The van der Waals surface area contributed by atoms with Crippen LogP contribution in [0.3, 0.4) is 0 Å². The lowest BCUT2D eigenvalue weighted by Crippen LogP contribution is -2.29. The molecular weight excluding hydrogens is 831 g/mol. The first-order chi connectivity index (χ1) is 29.8. The zero-order valence-corrected chi connectivity index (χ0v) is 35.8. The molecule has 1 atom stereocenters. The Labute approximate surface area is 365 Å². The number of pyridine rings is 6. The Balaban J connectivity index is 0.000000186. The van der Waals surface area contributed by atoms with Gasteiger partial charge in [0.15, 0.2) is 6.10 Å². The van der Waals surface area contributed by atoms with Gasteiger partial charge >= 0.3 is 0 Å². The summed E-state index contributed by atoms with van der Waals surface area (Å²) in [5.41, 5.74) is 7.77. The fourth-order valence-corrected chi connectivity index (χ4v) is 7.46. The van der Waals surface area contributed by atoms with Gasteiger partial charge in [0.1, 0.15) is 22.9 Å². The fourth-order valence-electron chi connectivity index (χ4n) is 6.76. The minimum absolute atomic E-state index is 0.186. The van der Waals surface area contributed by atoms with E-state index in [-0.39, 0.29) is 5.56 Å². The quantitative estimate of drug-likeness (QED) is 0.0685. The summed E-state index contributed by atoms with van der Waals surface area (Å²) < 4.78 is 0. The van der Waals surface area contributed by atoms with Crippen LogP contribution in [0.4, 0.5) is 11.6 Å². The molecule has 0 radical (unpaired) electrons. The third-order valence-corrected chi connectivity index (χ3v) is 10.7. The van der Waals surface area contributed by atoms with Gasteiger partial charge in [-0.3, -0.25) is 24.4 Å². The number of nitrogens with one attached hydrogen (secondary N) is 4. The smallest absolute Gasteiger partial charge is 0.294 e. The van der Waals surface area contributed by atoms with Crippen molar-refractivity contribution >= 4 is 74.5 Å². The maximum Gasteiger partial charge on any atom is 0.294 e. The SMILES string of the molecule is CNc1ncccc1-c1c[nH]c2ncc(-c3cncc(C(=O)C(=O)N(C)C)c3)c(Cl)c12.CNc1ncccc1-c1c[nH]c2ncc(-c3cncc(C(O)C(=O)N(C)C)c3)c(Cl)c12. The van der Waals surface area contributed by atoms with Gasteiger partial charge in [0, 0.05) is 171 Å². The Morgan fingerprint density at radius 2 is 1.15 bits per heavy atom. The van der Waals surface area contributed by atoms with Crippen LogP contribution in [-0.2, 0) is 9.59 Å². The van der Waals surface area contributed by atoms with Crippen molar-refractivity contribution in [1.82, 2.24) is 49.7 Å². The van der Waals surface area contributed by atoms with Gasteiger partial charge in [-0.25, -0.2) is 19.9 Å². The molecule has 0 aliphatic heterocycles. The number of nitrogens with zero attached hydrogens (tertiary/aromatic N) is 8. The lowest BCUT2D eigenvalue weighted by molar-refractivity contribution is -0.137. The Morgan fingerprint density at radius 3 is 1.63 bits per heavy atom. The van der Waals surface area contributed by atoms with Gasteiger partial charge in [0.05, 0.1) is 10.0 Å². The number of hydrogen-bond donors (Lipinski definition) is 5. The van der Waals surface area contributed by atoms with Crippen molar-refractivity contribution in [3.05, 3.63) is 120 Å². The van der Waals surface area contributed by atoms with Crippen LogP contribution in [0.1, 0.15) is 22.0 Å². The van der Waals surface area contributed by atoms with E-state index < -0.39 is 23.7 Å². The summed E-state index contributed by atoms with van der Waals surface area (Å²) in [5, 5.41) is 19.0. The molecule has 8 aromatic heterocycles. The van der Waals surface area contributed by atoms with Crippen molar-refractivity contribution in [2.24, 2.45) is 0 Å². The zero-order chi connectivity index (χ0) is 44.2. The van der Waals surface area contributed by atoms with E-state index in [1.807, 2.05) is 43.7 Å². The number of carbonyl (C=O) groups excluding carboxylic acids is 3. The van der Waals surface area contributed by atoms with Gasteiger partial charge in [-0.05, 0) is 36.4 Å². The highest BCUT2D eigenvalue weighted by molar-refractivity contribution is 6.43. The molecule has 0 aromatic carbocycles. The molecule has 18 heteroatoms. The second-order valence-electron chi connectivity index (χ2n) is 14.3. The fraction of sp³-hybridized carbons (Fsp3) is 0.159. The largest absolute Gasteiger partial charge is 0.378 e. The minimum Gasteiger partial charge on any atom is -0.378 e. The van der Waals surface area contributed by atoms with Crippen LogP contribution >= 0.6 is 23.2 Å². The molecule has 8 aromatic rings. The number of aromatic amines is 2. The number of aliphatic hydroxyl groups excluding tert-OH is 1. The number of aliphatic hydroxyl groups is 1. The molecule has 62 heavy (non-hydrogen) atoms. The Kier molecular flexibility index (Phi) is 12.5. The number of ketones is 1. The number of rotatable bonds is 10. The molecule has 0 fully saturated rings. The van der Waals surface area contributed by atoms with Crippen molar-refractivity contribution in [2.75, 3.05) is 52.9 Å². The number of H-pyrrole nitrogens is 2. The number of Topliss-reactive ketones (excluding diaryl/α,β-unsaturated/α-hetero) is 1. The molecule has 16 nitrogen and oxygen atoms in total. The first kappa shape index (κ1) is 42.8. The van der Waals surface area contributed by atoms with E-state index in [4.69, 9.17) is 23.2 Å². The van der Waals surface area contributed by atoms with Gasteiger partial charge in [0.2, 0.25) is 0 Å². The molecule has 0 bridgehead atoms. The molecular formula is C44H40Cl2N12O4. The number of anilines is 2. The van der Waals surface area contributed by atoms with Crippen LogP contribution in [0.25, 0.3) is 66.6 Å². The van der Waals surface area contributed by atoms with Gasteiger partial charge < -0.3 is 35.5 Å². The standard InChI is InChI=1S/C22H21ClN6O2.C22H19ClN6O2/c2*1-24-20-14(5-4-6-26-20)16-11-28-21-17(16)18(23)15(10-27-21)12-7-13(9-25-8-12)19(30)22(31)29(2)3/h4-11,19,30H,1-3H3,(H,24,26)(H,27,28);4-11H,1-3H3,(H,24,26)(H,27,28). The summed E-state index contributed by atoms with van der Waals surface area (Å²) in [5.74, 6) is -0.258. The van der Waals surface area contributed by atoms with Gasteiger partial charge in [-0.2, -0.15) is 0 Å². The Hall–Kier alpha value is -7.27. The molecule has 8 rings (SSSR count). The van der Waals surface area contributed by atoms with Crippen molar-refractivity contribution in [1.29, 1.82) is 0 Å². The molecule has 314 valence electrons. The predicted octanol–water partition coefficient (Wildman–Crippen LogP) is 7.16. The molecule has 2 amide bonds. The zero-order valence-electron chi connectivity index (χ0n) is 34.3. The van der Waals surface area contributed by atoms with Crippen molar-refractivity contribution in [2.45, 2.75) is 6.10 Å². The highest BCUT2D eigenvalue weighted by atomic mass is 35.5. The minimum atomic E-state index is -1.31. The summed E-state index contributed by atoms with van der Waals surface area (Å²) in [6.07, 6.45) is 15.1. The normalized spacial score (nSPS) is 11.4. The third kappa shape index (κ3) is 8.26. The number of amides is 2. The topological polar surface area (TPSA) is 211 Å². The number of aromatic nitrogens is 8. The Bertz CT molecular complexity index is 2980. The first-order valence-electron chi connectivity index (χ1n) is 19.0. The maximum absolute atomic E-state index is 12.4. The number of halogens is 2. The molecule has 8 heterocycles. The highest BCUT2D eigenvalue weighted by Crippen LogP contribution is 2.42. The van der Waals surface area contributed by atoms with E-state index >= 15 is 0 Å². The first-order valence-corrected chi connectivity index (χ1v) is 19.7. The van der Waals surface area contributed by atoms with Gasteiger partial charge in [-0.15, -0.1) is 0 Å². The van der Waals surface area contributed by atoms with Crippen molar-refractivity contribution in [3.63, 3.8) is 0 Å². The second-order valence-corrected chi connectivity index (χ2v) is 15.0. The maximum atomic E-state index is 12.4. The van der Waals surface area contributed by atoms with Gasteiger partial charge in [0.25, 0.3) is 17.6 Å². The Morgan fingerprint density at radius 1 is 0.645 bits per heavy atom. The number of likely N-dealkylation sites (N-methyl/N-ethyl adjacent to an activating group) is 2. The summed E-state index contributed by atoms with van der Waals surface area (Å²) >= 11 is 13.7. The summed E-state index contributed by atoms with van der Waals surface area (Å²) in [7, 11) is 9.83. The van der Waals surface area contributed by atoms with Crippen LogP contribution < -0.4 is 10.6 Å². The highest BCUT2D eigenvalue weighted by Gasteiger charge is 2.24. The van der Waals surface area contributed by atoms with E-state index in [1.165, 1.54) is 36.3 Å². The van der Waals surface area contributed by atoms with Crippen LogP contribution in [0.15, 0.2) is 98.4 Å². The lowest BCUT2D eigenvalue weighted by atomic mass is 10.0. The van der Waals surface area contributed by atoms with E-state index in [0.29, 0.717) is 55.0 Å². The number of hydrogen-bond acceptors (Lipinski definition) is 12. The molecule has 0 saturated carbocycles. The monoisotopic (exact) mass is 870 g/mol. The molecule has 0 spiro atoms. The second kappa shape index (κ2) is 18.1. The molecule has 0 aliphatic carbocycles. The molecule has 5 N–H and O–H groups in total. The third-order valence-electron chi connectivity index (χ3n) is 9.92. The van der Waals surface area contributed by atoms with Crippen LogP contribution in [-0.4, -0.2) is 115 Å². The van der Waals surface area contributed by atoms with Crippen LogP contribution in [0, 0.1) is 0 Å². The number of carbonyl (C=O) groups is 3. The van der Waals surface area contributed by atoms with E-state index in [2.05, 4.69) is 50.5 Å². The van der Waals surface area contributed by atoms with Crippen LogP contribution in [0.5, 0.6) is 0 Å². The molecule has 0 aliphatic rings. The summed E-state index contributed by atoms with van der Waals surface area (Å²) in [6, 6.07) is 10.9. The van der Waals surface area contributed by atoms with Crippen LogP contribution in [0.2, 0.25) is 10.0 Å². The van der Waals surface area contributed by atoms with E-state index in [9.17, 15) is 19.5 Å². The summed E-state index contributed by atoms with van der Waals surface area (Å²) in [6.45, 7) is 0. The summed E-state index contributed by atoms with van der Waals surface area (Å²) in [4.78, 5) is 71.6. The lowest BCUT2D eigenvalue weighted by Gasteiger charge is -2.16. The van der Waals surface area contributed by atoms with Crippen molar-refractivity contribution < 1.29 is 19.5 Å². The predicted molar refractivity (Wildman–Crippen MR) is 241 cm³/mol. The molecule has 1 unspecified atom stereocenters. The van der Waals surface area contributed by atoms with Crippen molar-refractivity contribution in [3.8, 4) is 44.5 Å². The average molecular weight is 872 g/mol. The van der Waals surface area contributed by atoms with Gasteiger partial charge in [-0.1, -0.05) is 23.2 Å². The molecule has 0 saturated heterocycles. The average Bonchev–Trinajstić information content (AvgIpc) is 3.94. The number of fused-ring (bicyclic) bond motifs is 2. The van der Waals surface area contributed by atoms with E-state index in [1.54, 1.807) is 70.5 Å². The van der Waals surface area contributed by atoms with E-state index in [0.717, 1.165) is 38.8 Å².